The van der Waals surface area contributed by atoms with Crippen molar-refractivity contribution >= 4 is 37.4 Å². The number of rotatable bonds is 17. The number of esters is 3. The number of carbonyl (C=O) groups is 3. The lowest BCUT2D eigenvalue weighted by Crippen LogP contribution is -2.53. The Kier molecular flexibility index (Phi) is 13.3. The summed E-state index contributed by atoms with van der Waals surface area (Å²) in [6.45, 7) is 2.90. The summed E-state index contributed by atoms with van der Waals surface area (Å²) in [6.07, 6.45) is -2.60. The molecular formula is C24H35N6O11P. The molecule has 0 saturated carbocycles. The number of carbonyl (C=O) groups excluding carboxylic acids is 3. The van der Waals surface area contributed by atoms with E-state index in [0.29, 0.717) is 5.52 Å². The summed E-state index contributed by atoms with van der Waals surface area (Å²) in [6, 6.07) is 3.85. The number of aromatic nitrogens is 3. The molecule has 0 amide bonds. The summed E-state index contributed by atoms with van der Waals surface area (Å²) in [7, 11) is 0.409. The predicted octanol–water partition coefficient (Wildman–Crippen LogP) is 0.345. The molecule has 1 unspecified atom stereocenters. The van der Waals surface area contributed by atoms with Gasteiger partial charge in [0, 0.05) is 21.3 Å². The fraction of sp³-hybridized carbons (Fsp3) is 0.583. The standard InChI is InChI=1S/C24H35N6O11P/c1-14(2)39-23(33)15(3)29-42(34)38-12-24(11-25,37-6)21(41-19(32)10-36-5)20(40-18(31)9-35-4)16-7-8-17-22(26)27-13-28-30(16)17/h7-8,13-15,20-21,42H,9-10,12H2,1-6H3,(H,29,34)(H2,26,27,28)/t15-,20-,21-,24+/m0/s1. The second kappa shape index (κ2) is 16.1. The average Bonchev–Trinajstić information content (AvgIpc) is 3.37. The maximum absolute atomic E-state index is 12.8. The zero-order valence-corrected chi connectivity index (χ0v) is 25.0. The Balaban J connectivity index is 2.55. The highest BCUT2D eigenvalue weighted by atomic mass is 31.1. The van der Waals surface area contributed by atoms with Gasteiger partial charge in [0.25, 0.3) is 8.18 Å². The van der Waals surface area contributed by atoms with Crippen molar-refractivity contribution in [1.82, 2.24) is 19.7 Å². The van der Waals surface area contributed by atoms with Gasteiger partial charge in [0.2, 0.25) is 5.60 Å². The summed E-state index contributed by atoms with van der Waals surface area (Å²) in [5.74, 6) is -2.45. The number of hydrogen-bond donors (Lipinski definition) is 2. The predicted molar refractivity (Wildman–Crippen MR) is 144 cm³/mol. The first-order valence-corrected chi connectivity index (χ1v) is 13.8. The van der Waals surface area contributed by atoms with Crippen molar-refractivity contribution in [1.29, 1.82) is 5.26 Å². The van der Waals surface area contributed by atoms with Crippen molar-refractivity contribution < 1.29 is 51.9 Å². The van der Waals surface area contributed by atoms with Crippen LogP contribution < -0.4 is 10.8 Å². The third-order valence-corrected chi connectivity index (χ3v) is 6.66. The molecule has 2 aromatic heterocycles. The van der Waals surface area contributed by atoms with Crippen LogP contribution in [0.1, 0.15) is 32.6 Å². The minimum absolute atomic E-state index is 0.0857. The molecule has 18 heteroatoms. The molecule has 2 aromatic rings. The quantitative estimate of drug-likeness (QED) is 0.139. The lowest BCUT2D eigenvalue weighted by molar-refractivity contribution is -0.197. The molecule has 2 heterocycles. The zero-order valence-electron chi connectivity index (χ0n) is 24.0. The molecule has 17 nitrogen and oxygen atoms in total. The van der Waals surface area contributed by atoms with Crippen LogP contribution in [0.2, 0.25) is 0 Å². The number of nitrogen functional groups attached to an aromatic ring is 1. The maximum Gasteiger partial charge on any atom is 0.332 e. The van der Waals surface area contributed by atoms with E-state index in [9.17, 15) is 24.2 Å². The van der Waals surface area contributed by atoms with Gasteiger partial charge in [-0.2, -0.15) is 10.4 Å². The van der Waals surface area contributed by atoms with Gasteiger partial charge in [0.05, 0.1) is 11.8 Å². The van der Waals surface area contributed by atoms with E-state index < -0.39 is 75.9 Å². The fourth-order valence-corrected chi connectivity index (χ4v) is 4.54. The molecule has 0 bridgehead atoms. The van der Waals surface area contributed by atoms with Crippen LogP contribution in [-0.4, -0.2) is 97.5 Å². The molecule has 0 aliphatic heterocycles. The fourth-order valence-electron chi connectivity index (χ4n) is 3.64. The number of nitriles is 1. The van der Waals surface area contributed by atoms with Crippen molar-refractivity contribution in [2.45, 2.75) is 50.7 Å². The van der Waals surface area contributed by atoms with Crippen molar-refractivity contribution in [2.24, 2.45) is 0 Å². The summed E-state index contributed by atoms with van der Waals surface area (Å²) >= 11 is 0. The molecule has 0 aliphatic carbocycles. The highest BCUT2D eigenvalue weighted by Crippen LogP contribution is 2.36. The van der Waals surface area contributed by atoms with Gasteiger partial charge in [-0.25, -0.2) is 24.2 Å². The summed E-state index contributed by atoms with van der Waals surface area (Å²) in [4.78, 5) is 41.4. The van der Waals surface area contributed by atoms with Crippen LogP contribution in [0.3, 0.4) is 0 Å². The Morgan fingerprint density at radius 2 is 1.74 bits per heavy atom. The Morgan fingerprint density at radius 3 is 2.31 bits per heavy atom. The van der Waals surface area contributed by atoms with E-state index >= 15 is 0 Å². The van der Waals surface area contributed by atoms with Crippen LogP contribution in [-0.2, 0) is 51.9 Å². The molecule has 0 saturated heterocycles. The van der Waals surface area contributed by atoms with Crippen LogP contribution >= 0.6 is 8.18 Å². The second-order valence-corrected chi connectivity index (χ2v) is 10.2. The number of anilines is 1. The minimum Gasteiger partial charge on any atom is -0.462 e. The van der Waals surface area contributed by atoms with E-state index in [1.54, 1.807) is 13.8 Å². The van der Waals surface area contributed by atoms with Gasteiger partial charge >= 0.3 is 17.9 Å². The zero-order chi connectivity index (χ0) is 31.4. The van der Waals surface area contributed by atoms with Gasteiger partial charge in [0.15, 0.2) is 18.0 Å². The van der Waals surface area contributed by atoms with E-state index in [4.69, 9.17) is 38.7 Å². The molecule has 0 aromatic carbocycles. The second-order valence-electron chi connectivity index (χ2n) is 9.02. The SMILES string of the molecule is COCC(=O)O[C@@H](c1ccc2c(N)ncnn12)[C@H](OC(=O)COC)[C@@](C#N)(CO[PH](=O)N[C@@H](C)C(=O)OC(C)C)OC. The van der Waals surface area contributed by atoms with Gasteiger partial charge in [0.1, 0.15) is 43.8 Å². The van der Waals surface area contributed by atoms with E-state index in [0.717, 1.165) is 13.4 Å². The van der Waals surface area contributed by atoms with Crippen LogP contribution in [0, 0.1) is 11.3 Å². The maximum atomic E-state index is 12.8. The Bertz CT molecular complexity index is 1300. The smallest absolute Gasteiger partial charge is 0.332 e. The highest BCUT2D eigenvalue weighted by molar-refractivity contribution is 7.36. The van der Waals surface area contributed by atoms with E-state index in [1.807, 2.05) is 6.07 Å². The molecular weight excluding hydrogens is 579 g/mol. The van der Waals surface area contributed by atoms with Gasteiger partial charge in [-0.3, -0.25) is 9.36 Å². The van der Waals surface area contributed by atoms with Crippen LogP contribution in [0.25, 0.3) is 5.52 Å². The normalized spacial score (nSPS) is 15.7. The summed E-state index contributed by atoms with van der Waals surface area (Å²) in [5, 5.41) is 16.9. The van der Waals surface area contributed by atoms with Gasteiger partial charge in [-0.15, -0.1) is 0 Å². The van der Waals surface area contributed by atoms with Crippen molar-refractivity contribution in [3.63, 3.8) is 0 Å². The molecule has 2 rings (SSSR count). The molecule has 0 aliphatic rings. The Hall–Kier alpha value is -3.65. The largest absolute Gasteiger partial charge is 0.462 e. The van der Waals surface area contributed by atoms with Crippen LogP contribution in [0.15, 0.2) is 18.5 Å². The molecule has 0 spiro atoms. The third kappa shape index (κ3) is 8.92. The number of fused-ring (bicyclic) bond motifs is 1. The van der Waals surface area contributed by atoms with Gasteiger partial charge in [-0.1, -0.05) is 0 Å². The topological polar surface area (TPSA) is 225 Å². The van der Waals surface area contributed by atoms with E-state index in [1.165, 1.54) is 37.8 Å². The van der Waals surface area contributed by atoms with Crippen molar-refractivity contribution in [2.75, 3.05) is 46.9 Å². The molecule has 232 valence electrons. The number of ether oxygens (including phenoxy) is 6. The number of methoxy groups -OCH3 is 3. The van der Waals surface area contributed by atoms with Crippen molar-refractivity contribution in [3.05, 3.63) is 24.2 Å². The summed E-state index contributed by atoms with van der Waals surface area (Å²) in [5.41, 5.74) is 4.13. The molecule has 0 radical (unpaired) electrons. The Labute approximate surface area is 242 Å². The average molecular weight is 615 g/mol. The Morgan fingerprint density at radius 1 is 1.10 bits per heavy atom. The van der Waals surface area contributed by atoms with E-state index in [-0.39, 0.29) is 11.5 Å². The first-order chi connectivity index (χ1) is 19.9. The highest BCUT2D eigenvalue weighted by Gasteiger charge is 2.51. The van der Waals surface area contributed by atoms with Crippen molar-refractivity contribution in [3.8, 4) is 6.07 Å². The van der Waals surface area contributed by atoms with Gasteiger partial charge in [-0.05, 0) is 32.9 Å². The van der Waals surface area contributed by atoms with Crippen LogP contribution in [0.4, 0.5) is 5.82 Å². The number of nitrogens with zero attached hydrogens (tertiary/aromatic N) is 4. The lowest BCUT2D eigenvalue weighted by Gasteiger charge is -2.36. The first kappa shape index (κ1) is 34.6. The number of nitrogens with two attached hydrogens (primary N) is 1. The molecule has 5 atom stereocenters. The van der Waals surface area contributed by atoms with E-state index in [2.05, 4.69) is 15.2 Å². The first-order valence-electron chi connectivity index (χ1n) is 12.5. The van der Waals surface area contributed by atoms with Crippen LogP contribution in [0.5, 0.6) is 0 Å². The molecule has 3 N–H and O–H groups in total. The minimum atomic E-state index is -3.21. The lowest BCUT2D eigenvalue weighted by atomic mass is 9.92. The number of nitrogens with one attached hydrogen (secondary N) is 1. The van der Waals surface area contributed by atoms with Gasteiger partial charge < -0.3 is 38.7 Å². The third-order valence-electron chi connectivity index (χ3n) is 5.59. The molecule has 42 heavy (non-hydrogen) atoms. The monoisotopic (exact) mass is 614 g/mol. The molecule has 0 fully saturated rings. The summed E-state index contributed by atoms with van der Waals surface area (Å²) < 4.78 is 51.0. The number of hydrogen-bond acceptors (Lipinski definition) is 15.